The molecule has 2 aromatic carbocycles. The van der Waals surface area contributed by atoms with E-state index in [9.17, 15) is 9.59 Å². The van der Waals surface area contributed by atoms with E-state index >= 15 is 0 Å². The molecule has 7 heteroatoms. The molecule has 6 nitrogen and oxygen atoms in total. The highest BCUT2D eigenvalue weighted by Gasteiger charge is 2.31. The second-order valence-electron chi connectivity index (χ2n) is 5.83. The van der Waals surface area contributed by atoms with Crippen LogP contribution in [-0.2, 0) is 9.59 Å². The summed E-state index contributed by atoms with van der Waals surface area (Å²) in [7, 11) is 0. The molecule has 0 spiro atoms. The number of rotatable bonds is 6. The van der Waals surface area contributed by atoms with Crippen LogP contribution in [0.1, 0.15) is 39.5 Å². The Hall–Kier alpha value is -2.47. The van der Waals surface area contributed by atoms with E-state index in [0.29, 0.717) is 28.6 Å². The molecule has 0 saturated heterocycles. The fourth-order valence-electron chi connectivity index (χ4n) is 2.73. The maximum Gasteiger partial charge on any atom is 0.311 e. The van der Waals surface area contributed by atoms with Crippen molar-refractivity contribution >= 4 is 34.3 Å². The second kappa shape index (κ2) is 7.83. The van der Waals surface area contributed by atoms with Crippen molar-refractivity contribution < 1.29 is 28.5 Å². The Morgan fingerprint density at radius 2 is 1.58 bits per heavy atom. The Balaban J connectivity index is 2.20. The van der Waals surface area contributed by atoms with Crippen molar-refractivity contribution in [1.29, 1.82) is 0 Å². The van der Waals surface area contributed by atoms with Crippen LogP contribution in [-0.4, -0.2) is 18.7 Å². The van der Waals surface area contributed by atoms with Crippen molar-refractivity contribution in [3.05, 3.63) is 23.2 Å². The predicted molar refractivity (Wildman–Crippen MR) is 96.2 cm³/mol. The number of fused-ring (bicyclic) bond motifs is 2. The Labute approximate surface area is 155 Å². The van der Waals surface area contributed by atoms with Gasteiger partial charge >= 0.3 is 11.9 Å². The van der Waals surface area contributed by atoms with Gasteiger partial charge in [0.05, 0.1) is 10.4 Å². The Morgan fingerprint density at radius 3 is 2.19 bits per heavy atom. The van der Waals surface area contributed by atoms with Crippen LogP contribution in [0.15, 0.2) is 18.2 Å². The Kier molecular flexibility index (Phi) is 5.52. The molecule has 0 unspecified atom stereocenters. The Morgan fingerprint density at radius 1 is 1.00 bits per heavy atom. The summed E-state index contributed by atoms with van der Waals surface area (Å²) in [4.78, 5) is 24.1. The zero-order valence-corrected chi connectivity index (χ0v) is 15.4. The molecule has 0 atom stereocenters. The normalized spacial score (nSPS) is 12.3. The Bertz CT molecular complexity index is 861. The lowest BCUT2D eigenvalue weighted by molar-refractivity contribution is -0.135. The summed E-state index contributed by atoms with van der Waals surface area (Å²) >= 11 is 6.37. The van der Waals surface area contributed by atoms with Crippen LogP contribution >= 0.6 is 11.6 Å². The van der Waals surface area contributed by atoms with Gasteiger partial charge in [-0.15, -0.1) is 0 Å². The van der Waals surface area contributed by atoms with Crippen molar-refractivity contribution in [2.24, 2.45) is 0 Å². The molecule has 0 fully saturated rings. The van der Waals surface area contributed by atoms with Crippen molar-refractivity contribution in [2.45, 2.75) is 39.5 Å². The molecule has 2 aromatic rings. The first-order valence-corrected chi connectivity index (χ1v) is 8.89. The van der Waals surface area contributed by atoms with E-state index in [0.717, 1.165) is 0 Å². The minimum absolute atomic E-state index is 0.0695. The van der Waals surface area contributed by atoms with Gasteiger partial charge in [0.15, 0.2) is 11.5 Å². The molecule has 0 radical (unpaired) electrons. The lowest BCUT2D eigenvalue weighted by Crippen LogP contribution is -2.10. The summed E-state index contributed by atoms with van der Waals surface area (Å²) in [5.74, 6) is 0.0813. The third-order valence-electron chi connectivity index (χ3n) is 3.85. The topological polar surface area (TPSA) is 71.1 Å². The van der Waals surface area contributed by atoms with E-state index in [1.54, 1.807) is 18.2 Å². The van der Waals surface area contributed by atoms with Crippen LogP contribution in [0.4, 0.5) is 0 Å². The van der Waals surface area contributed by atoms with Gasteiger partial charge < -0.3 is 18.9 Å². The van der Waals surface area contributed by atoms with Gasteiger partial charge in [0.1, 0.15) is 0 Å². The molecule has 1 aliphatic rings. The summed E-state index contributed by atoms with van der Waals surface area (Å²) in [5.41, 5.74) is 0. The summed E-state index contributed by atoms with van der Waals surface area (Å²) in [6.07, 6.45) is 1.83. The fraction of sp³-hybridized carbons (Fsp3) is 0.368. The molecule has 1 heterocycles. The summed E-state index contributed by atoms with van der Waals surface area (Å²) in [5, 5.41) is 1.32. The minimum atomic E-state index is -0.401. The van der Waals surface area contributed by atoms with Gasteiger partial charge in [-0.05, 0) is 18.9 Å². The highest BCUT2D eigenvalue weighted by atomic mass is 35.5. The van der Waals surface area contributed by atoms with Crippen LogP contribution in [0.5, 0.6) is 23.0 Å². The molecule has 0 aromatic heterocycles. The number of carbonyl (C=O) groups is 2. The standard InChI is InChI=1S/C19H19ClO6/c1-3-6-13(21)25-16-11-8-5-9-12(20)15(11)17(26-14(22)7-4-2)19-18(16)23-10-24-19/h5,8-9H,3-4,6-7,10H2,1-2H3. The lowest BCUT2D eigenvalue weighted by atomic mass is 10.1. The number of benzene rings is 2. The number of halogens is 1. The van der Waals surface area contributed by atoms with Crippen molar-refractivity contribution in [1.82, 2.24) is 0 Å². The molecule has 138 valence electrons. The quantitative estimate of drug-likeness (QED) is 0.539. The SMILES string of the molecule is CCCC(=O)Oc1c2c(c(OC(=O)CCC)c3c(Cl)cccc13)OCO2. The van der Waals surface area contributed by atoms with E-state index in [1.807, 2.05) is 13.8 Å². The minimum Gasteiger partial charge on any atom is -0.449 e. The van der Waals surface area contributed by atoms with Crippen LogP contribution in [0.3, 0.4) is 0 Å². The average Bonchev–Trinajstić information content (AvgIpc) is 3.08. The number of hydrogen-bond acceptors (Lipinski definition) is 6. The van der Waals surface area contributed by atoms with Gasteiger partial charge in [0, 0.05) is 18.2 Å². The number of esters is 2. The van der Waals surface area contributed by atoms with Crippen molar-refractivity contribution in [3.8, 4) is 23.0 Å². The smallest absolute Gasteiger partial charge is 0.311 e. The highest BCUT2D eigenvalue weighted by Crippen LogP contribution is 2.55. The molecule has 0 saturated carbocycles. The highest BCUT2D eigenvalue weighted by molar-refractivity contribution is 6.36. The average molecular weight is 379 g/mol. The van der Waals surface area contributed by atoms with Crippen molar-refractivity contribution in [3.63, 3.8) is 0 Å². The molecule has 0 bridgehead atoms. The van der Waals surface area contributed by atoms with Gasteiger partial charge in [0.2, 0.25) is 18.3 Å². The molecule has 26 heavy (non-hydrogen) atoms. The molecular formula is C19H19ClO6. The molecule has 3 rings (SSSR count). The molecule has 0 amide bonds. The predicted octanol–water partition coefficient (Wildman–Crippen LogP) is 4.63. The molecular weight excluding hydrogens is 360 g/mol. The van der Waals surface area contributed by atoms with Gasteiger partial charge in [-0.2, -0.15) is 0 Å². The van der Waals surface area contributed by atoms with E-state index in [-0.39, 0.29) is 48.6 Å². The van der Waals surface area contributed by atoms with Crippen LogP contribution in [0.2, 0.25) is 5.02 Å². The number of hydrogen-bond donors (Lipinski definition) is 0. The van der Waals surface area contributed by atoms with E-state index in [4.69, 9.17) is 30.5 Å². The summed E-state index contributed by atoms with van der Waals surface area (Å²) in [6.45, 7) is 3.70. The molecule has 0 aliphatic carbocycles. The fourth-order valence-corrected chi connectivity index (χ4v) is 2.99. The lowest BCUT2D eigenvalue weighted by Gasteiger charge is -2.15. The monoisotopic (exact) mass is 378 g/mol. The summed E-state index contributed by atoms with van der Waals surface area (Å²) < 4.78 is 22.1. The maximum absolute atomic E-state index is 12.1. The first-order valence-electron chi connectivity index (χ1n) is 8.51. The second-order valence-corrected chi connectivity index (χ2v) is 6.24. The van der Waals surface area contributed by atoms with Gasteiger partial charge in [-0.3, -0.25) is 9.59 Å². The number of carbonyl (C=O) groups excluding carboxylic acids is 2. The van der Waals surface area contributed by atoms with E-state index < -0.39 is 5.97 Å². The third kappa shape index (κ3) is 3.42. The maximum atomic E-state index is 12.1. The van der Waals surface area contributed by atoms with Gasteiger partial charge in [-0.1, -0.05) is 37.6 Å². The molecule has 0 N–H and O–H groups in total. The first-order chi connectivity index (χ1) is 12.6. The van der Waals surface area contributed by atoms with E-state index in [2.05, 4.69) is 0 Å². The zero-order valence-electron chi connectivity index (χ0n) is 14.6. The van der Waals surface area contributed by atoms with Crippen molar-refractivity contribution in [2.75, 3.05) is 6.79 Å². The van der Waals surface area contributed by atoms with Crippen LogP contribution < -0.4 is 18.9 Å². The van der Waals surface area contributed by atoms with Crippen LogP contribution in [0, 0.1) is 0 Å². The van der Waals surface area contributed by atoms with Gasteiger partial charge in [-0.25, -0.2) is 0 Å². The first kappa shape index (κ1) is 18.3. The zero-order chi connectivity index (χ0) is 18.7. The molecule has 1 aliphatic heterocycles. The van der Waals surface area contributed by atoms with Crippen LogP contribution in [0.25, 0.3) is 10.8 Å². The van der Waals surface area contributed by atoms with Gasteiger partial charge in [0.25, 0.3) is 0 Å². The van der Waals surface area contributed by atoms with E-state index in [1.165, 1.54) is 0 Å². The largest absolute Gasteiger partial charge is 0.449 e. The summed E-state index contributed by atoms with van der Waals surface area (Å²) in [6, 6.07) is 5.12. The third-order valence-corrected chi connectivity index (χ3v) is 4.17. The number of ether oxygens (including phenoxy) is 4.